The summed E-state index contributed by atoms with van der Waals surface area (Å²) in [6, 6.07) is 3.78. The van der Waals surface area contributed by atoms with Gasteiger partial charge in [0.05, 0.1) is 18.7 Å². The fraction of sp³-hybridized carbons (Fsp3) is 0.417. The van der Waals surface area contributed by atoms with Crippen LogP contribution in [0.25, 0.3) is 0 Å². The van der Waals surface area contributed by atoms with Crippen molar-refractivity contribution < 1.29 is 27.1 Å². The van der Waals surface area contributed by atoms with Crippen LogP contribution < -0.4 is 11.1 Å². The summed E-state index contributed by atoms with van der Waals surface area (Å²) in [4.78, 5) is 11.5. The number of hydrogen-bond donors (Lipinski definition) is 2. The zero-order valence-corrected chi connectivity index (χ0v) is 10.6. The Morgan fingerprint density at radius 1 is 1.45 bits per heavy atom. The molecule has 112 valence electrons. The van der Waals surface area contributed by atoms with E-state index in [4.69, 9.17) is 10.5 Å². The van der Waals surface area contributed by atoms with E-state index in [0.29, 0.717) is 0 Å². The molecule has 0 unspecified atom stereocenters. The van der Waals surface area contributed by atoms with E-state index in [1.807, 2.05) is 0 Å². The first kappa shape index (κ1) is 16.1. The van der Waals surface area contributed by atoms with Gasteiger partial charge in [-0.05, 0) is 25.1 Å². The number of nitrogen functional groups attached to an aromatic ring is 1. The highest BCUT2D eigenvalue weighted by molar-refractivity contribution is 5.96. The molecule has 20 heavy (non-hydrogen) atoms. The van der Waals surface area contributed by atoms with Crippen molar-refractivity contribution in [1.82, 2.24) is 0 Å². The number of carbonyl (C=O) groups excluding carboxylic acids is 1. The molecule has 0 aliphatic carbocycles. The Bertz CT molecular complexity index is 481. The lowest BCUT2D eigenvalue weighted by Gasteiger charge is -2.17. The molecule has 3 N–H and O–H groups in total. The first-order chi connectivity index (χ1) is 9.27. The van der Waals surface area contributed by atoms with Gasteiger partial charge in [0, 0.05) is 11.4 Å². The molecule has 0 aromatic heterocycles. The number of ether oxygens (including phenoxy) is 1. The van der Waals surface area contributed by atoms with Gasteiger partial charge in [-0.15, -0.1) is 0 Å². The molecule has 1 rings (SSSR count). The van der Waals surface area contributed by atoms with Gasteiger partial charge in [0.25, 0.3) is 0 Å². The van der Waals surface area contributed by atoms with Crippen LogP contribution in [-0.2, 0) is 4.74 Å². The topological polar surface area (TPSA) is 64.3 Å². The normalized spacial score (nSPS) is 11.5. The fourth-order valence-electron chi connectivity index (χ4n) is 1.35. The maximum atomic E-state index is 12.8. The molecule has 0 fully saturated rings. The van der Waals surface area contributed by atoms with Crippen molar-refractivity contribution in [2.24, 2.45) is 0 Å². The van der Waals surface area contributed by atoms with E-state index < -0.39 is 24.9 Å². The SMILES string of the molecule is CCOC(=O)c1cc(NCC(F)(F)C(F)F)ccc1N. The summed E-state index contributed by atoms with van der Waals surface area (Å²) in [6.45, 7) is 0.468. The van der Waals surface area contributed by atoms with Crippen LogP contribution in [0.2, 0.25) is 0 Å². The van der Waals surface area contributed by atoms with E-state index >= 15 is 0 Å². The molecule has 0 spiro atoms. The number of halogens is 4. The summed E-state index contributed by atoms with van der Waals surface area (Å²) in [5.41, 5.74) is 5.72. The van der Waals surface area contributed by atoms with Gasteiger partial charge in [-0.2, -0.15) is 8.78 Å². The molecule has 0 aliphatic rings. The number of hydrogen-bond acceptors (Lipinski definition) is 4. The molecule has 0 heterocycles. The molecule has 0 atom stereocenters. The first-order valence-corrected chi connectivity index (χ1v) is 5.74. The van der Waals surface area contributed by atoms with Crippen molar-refractivity contribution >= 4 is 17.3 Å². The van der Waals surface area contributed by atoms with Gasteiger partial charge >= 0.3 is 18.3 Å². The van der Waals surface area contributed by atoms with E-state index in [1.54, 1.807) is 6.92 Å². The highest BCUT2D eigenvalue weighted by atomic mass is 19.3. The number of alkyl halides is 4. The van der Waals surface area contributed by atoms with Gasteiger partial charge in [-0.3, -0.25) is 0 Å². The number of rotatable bonds is 6. The molecular weight excluding hydrogens is 280 g/mol. The van der Waals surface area contributed by atoms with Crippen molar-refractivity contribution in [3.05, 3.63) is 23.8 Å². The predicted octanol–water partition coefficient (Wildman–Crippen LogP) is 2.76. The standard InChI is InChI=1S/C12H14F4N2O2/c1-2-20-10(19)8-5-7(3-4-9(8)17)18-6-12(15,16)11(13)14/h3-5,11,18H,2,6,17H2,1H3. The zero-order chi connectivity index (χ0) is 15.3. The predicted molar refractivity (Wildman–Crippen MR) is 66.3 cm³/mol. The first-order valence-electron chi connectivity index (χ1n) is 5.74. The Balaban J connectivity index is 2.83. The largest absolute Gasteiger partial charge is 0.462 e. The van der Waals surface area contributed by atoms with Gasteiger partial charge < -0.3 is 15.8 Å². The van der Waals surface area contributed by atoms with E-state index in [2.05, 4.69) is 5.32 Å². The number of anilines is 2. The summed E-state index contributed by atoms with van der Waals surface area (Å²) >= 11 is 0. The molecular formula is C12H14F4N2O2. The van der Waals surface area contributed by atoms with Crippen LogP contribution in [0, 0.1) is 0 Å². The minimum atomic E-state index is -4.16. The Labute approximate surface area is 112 Å². The highest BCUT2D eigenvalue weighted by Crippen LogP contribution is 2.24. The van der Waals surface area contributed by atoms with Gasteiger partial charge in [0.15, 0.2) is 0 Å². The monoisotopic (exact) mass is 294 g/mol. The molecule has 0 aliphatic heterocycles. The average molecular weight is 294 g/mol. The Hall–Kier alpha value is -1.99. The Morgan fingerprint density at radius 2 is 2.10 bits per heavy atom. The molecule has 0 saturated carbocycles. The van der Waals surface area contributed by atoms with Gasteiger partial charge in [-0.1, -0.05) is 0 Å². The van der Waals surface area contributed by atoms with E-state index in [0.717, 1.165) is 0 Å². The van der Waals surface area contributed by atoms with Crippen LogP contribution in [0.5, 0.6) is 0 Å². The van der Waals surface area contributed by atoms with Crippen LogP contribution in [0.15, 0.2) is 18.2 Å². The van der Waals surface area contributed by atoms with Crippen LogP contribution in [0.3, 0.4) is 0 Å². The van der Waals surface area contributed by atoms with Crippen molar-refractivity contribution in [3.8, 4) is 0 Å². The molecule has 4 nitrogen and oxygen atoms in total. The lowest BCUT2D eigenvalue weighted by atomic mass is 10.1. The van der Waals surface area contributed by atoms with E-state index in [9.17, 15) is 22.4 Å². The molecule has 0 amide bonds. The van der Waals surface area contributed by atoms with Gasteiger partial charge in [0.1, 0.15) is 0 Å². The fourth-order valence-corrected chi connectivity index (χ4v) is 1.35. The lowest BCUT2D eigenvalue weighted by Crippen LogP contribution is -2.34. The third kappa shape index (κ3) is 4.01. The minimum absolute atomic E-state index is 0.0165. The molecule has 8 heteroatoms. The summed E-state index contributed by atoms with van der Waals surface area (Å²) < 4.78 is 54.3. The van der Waals surface area contributed by atoms with Crippen LogP contribution >= 0.6 is 0 Å². The molecule has 1 aromatic rings. The summed E-state index contributed by atoms with van der Waals surface area (Å²) in [7, 11) is 0. The Morgan fingerprint density at radius 3 is 2.65 bits per heavy atom. The van der Waals surface area contributed by atoms with Crippen LogP contribution in [0.4, 0.5) is 28.9 Å². The second-order valence-corrected chi connectivity index (χ2v) is 3.94. The summed E-state index contributed by atoms with van der Waals surface area (Å²) in [5, 5.41) is 2.14. The van der Waals surface area contributed by atoms with Crippen LogP contribution in [-0.4, -0.2) is 31.5 Å². The quantitative estimate of drug-likeness (QED) is 0.481. The second-order valence-electron chi connectivity index (χ2n) is 3.94. The second kappa shape index (κ2) is 6.44. The van der Waals surface area contributed by atoms with Gasteiger partial charge in [0.2, 0.25) is 0 Å². The number of carbonyl (C=O) groups is 1. The van der Waals surface area contributed by atoms with Gasteiger partial charge in [-0.25, -0.2) is 13.6 Å². The molecule has 1 aromatic carbocycles. The molecule has 0 bridgehead atoms. The maximum Gasteiger partial charge on any atom is 0.340 e. The van der Waals surface area contributed by atoms with E-state index in [-0.39, 0.29) is 23.5 Å². The number of benzene rings is 1. The third-order valence-corrected chi connectivity index (χ3v) is 2.40. The summed E-state index contributed by atoms with van der Waals surface area (Å²) in [5.74, 6) is -4.87. The van der Waals surface area contributed by atoms with Crippen molar-refractivity contribution in [1.29, 1.82) is 0 Å². The van der Waals surface area contributed by atoms with E-state index in [1.165, 1.54) is 18.2 Å². The molecule has 0 saturated heterocycles. The maximum absolute atomic E-state index is 12.8. The molecule has 0 radical (unpaired) electrons. The third-order valence-electron chi connectivity index (χ3n) is 2.40. The lowest BCUT2D eigenvalue weighted by molar-refractivity contribution is -0.117. The Kier molecular flexibility index (Phi) is 5.18. The van der Waals surface area contributed by atoms with Crippen molar-refractivity contribution in [2.45, 2.75) is 19.3 Å². The number of nitrogens with two attached hydrogens (primary N) is 1. The summed E-state index contributed by atoms with van der Waals surface area (Å²) in [6.07, 6.45) is -3.77. The zero-order valence-electron chi connectivity index (χ0n) is 10.6. The number of esters is 1. The highest BCUT2D eigenvalue weighted by Gasteiger charge is 2.40. The van der Waals surface area contributed by atoms with Crippen molar-refractivity contribution in [3.63, 3.8) is 0 Å². The van der Waals surface area contributed by atoms with Crippen LogP contribution in [0.1, 0.15) is 17.3 Å². The number of nitrogens with one attached hydrogen (secondary N) is 1. The van der Waals surface area contributed by atoms with Crippen molar-refractivity contribution in [2.75, 3.05) is 24.2 Å². The average Bonchev–Trinajstić information content (AvgIpc) is 2.37. The minimum Gasteiger partial charge on any atom is -0.462 e. The smallest absolute Gasteiger partial charge is 0.340 e.